The highest BCUT2D eigenvalue weighted by Gasteiger charge is 2.25. The molecule has 1 unspecified atom stereocenters. The normalized spacial score (nSPS) is 12.3. The Hall–Kier alpha value is -1.40. The summed E-state index contributed by atoms with van der Waals surface area (Å²) in [6, 6.07) is 7.71. The van der Waals surface area contributed by atoms with Crippen molar-refractivity contribution in [1.29, 1.82) is 0 Å². The van der Waals surface area contributed by atoms with E-state index in [1.807, 2.05) is 24.3 Å². The number of nitrogens with zero attached hydrogens (tertiary/aromatic N) is 1. The van der Waals surface area contributed by atoms with Crippen LogP contribution in [0.4, 0.5) is 0 Å². The fraction of sp³-hybridized carbons (Fsp3) is 0.400. The van der Waals surface area contributed by atoms with Gasteiger partial charge in [-0.25, -0.2) is 4.98 Å². The van der Waals surface area contributed by atoms with Crippen molar-refractivity contribution in [3.8, 4) is 0 Å². The first-order valence-electron chi connectivity index (χ1n) is 6.96. The van der Waals surface area contributed by atoms with Crippen LogP contribution in [-0.2, 0) is 9.59 Å². The number of hydrogen-bond donors (Lipinski definition) is 2. The van der Waals surface area contributed by atoms with Gasteiger partial charge in [-0.3, -0.25) is 9.59 Å². The molecule has 1 heterocycles. The topological polar surface area (TPSA) is 59.1 Å². The smallest absolute Gasteiger partial charge is 0.230 e. The highest BCUT2D eigenvalue weighted by atomic mass is 32.1. The molecule has 0 radical (unpaired) electrons. The Balaban J connectivity index is 2.22. The van der Waals surface area contributed by atoms with Crippen LogP contribution in [0.3, 0.4) is 0 Å². The number of thiazole rings is 1. The lowest BCUT2D eigenvalue weighted by molar-refractivity contribution is -0.124. The largest absolute Gasteiger partial charge is 0.355 e. The SMILES string of the molecule is CCCCNC(=O)C(CC(=O)S)c1nc2ccccc2s1. The zero-order valence-corrected chi connectivity index (χ0v) is 13.5. The van der Waals surface area contributed by atoms with Gasteiger partial charge >= 0.3 is 0 Å². The van der Waals surface area contributed by atoms with Gasteiger partial charge in [0.15, 0.2) is 5.12 Å². The summed E-state index contributed by atoms with van der Waals surface area (Å²) in [6.07, 6.45) is 2.01. The molecule has 0 fully saturated rings. The van der Waals surface area contributed by atoms with Gasteiger partial charge in [0.1, 0.15) is 5.01 Å². The van der Waals surface area contributed by atoms with Crippen molar-refractivity contribution in [3.63, 3.8) is 0 Å². The second kappa shape index (κ2) is 7.56. The number of nitrogens with one attached hydrogen (secondary N) is 1. The molecule has 4 nitrogen and oxygen atoms in total. The Labute approximate surface area is 133 Å². The minimum Gasteiger partial charge on any atom is -0.355 e. The summed E-state index contributed by atoms with van der Waals surface area (Å²) < 4.78 is 1.02. The van der Waals surface area contributed by atoms with E-state index < -0.39 is 5.92 Å². The van der Waals surface area contributed by atoms with E-state index in [-0.39, 0.29) is 17.4 Å². The van der Waals surface area contributed by atoms with Crippen LogP contribution >= 0.6 is 24.0 Å². The number of thiol groups is 1. The summed E-state index contributed by atoms with van der Waals surface area (Å²) in [5.74, 6) is -0.700. The fourth-order valence-electron chi connectivity index (χ4n) is 2.02. The first kappa shape index (κ1) is 16.0. The average molecular weight is 322 g/mol. The van der Waals surface area contributed by atoms with Gasteiger partial charge in [-0.2, -0.15) is 0 Å². The van der Waals surface area contributed by atoms with E-state index in [1.54, 1.807) is 0 Å². The molecule has 21 heavy (non-hydrogen) atoms. The number of benzene rings is 1. The molecular formula is C15H18N2O2S2. The van der Waals surface area contributed by atoms with Crippen LogP contribution in [-0.4, -0.2) is 22.6 Å². The monoisotopic (exact) mass is 322 g/mol. The maximum absolute atomic E-state index is 12.3. The van der Waals surface area contributed by atoms with Crippen molar-refractivity contribution in [1.82, 2.24) is 10.3 Å². The van der Waals surface area contributed by atoms with E-state index in [2.05, 4.69) is 29.9 Å². The van der Waals surface area contributed by atoms with Gasteiger partial charge in [-0.1, -0.05) is 25.5 Å². The molecule has 1 atom stereocenters. The molecule has 1 N–H and O–H groups in total. The zero-order valence-electron chi connectivity index (χ0n) is 11.8. The highest BCUT2D eigenvalue weighted by molar-refractivity contribution is 7.96. The Kier molecular flexibility index (Phi) is 5.76. The van der Waals surface area contributed by atoms with Crippen molar-refractivity contribution >= 4 is 45.2 Å². The molecule has 1 amide bonds. The van der Waals surface area contributed by atoms with Crippen LogP contribution in [0, 0.1) is 0 Å². The molecule has 0 saturated heterocycles. The molecule has 6 heteroatoms. The van der Waals surface area contributed by atoms with Gasteiger partial charge < -0.3 is 5.32 Å². The number of aromatic nitrogens is 1. The lowest BCUT2D eigenvalue weighted by atomic mass is 10.1. The molecule has 112 valence electrons. The molecule has 0 bridgehead atoms. The van der Waals surface area contributed by atoms with Crippen molar-refractivity contribution < 1.29 is 9.59 Å². The maximum Gasteiger partial charge on any atom is 0.230 e. The molecular weight excluding hydrogens is 304 g/mol. The third kappa shape index (κ3) is 4.28. The van der Waals surface area contributed by atoms with E-state index in [0.29, 0.717) is 11.6 Å². The Morgan fingerprint density at radius 1 is 1.38 bits per heavy atom. The van der Waals surface area contributed by atoms with E-state index in [9.17, 15) is 9.59 Å². The summed E-state index contributed by atoms with van der Waals surface area (Å²) >= 11 is 5.27. The molecule has 0 aliphatic carbocycles. The van der Waals surface area contributed by atoms with Gasteiger partial charge in [0.2, 0.25) is 5.91 Å². The summed E-state index contributed by atoms with van der Waals surface area (Å²) in [4.78, 5) is 28.1. The van der Waals surface area contributed by atoms with Gasteiger partial charge in [0.25, 0.3) is 0 Å². The Morgan fingerprint density at radius 2 is 2.14 bits per heavy atom. The average Bonchev–Trinajstić information content (AvgIpc) is 2.88. The Bertz CT molecular complexity index is 606. The van der Waals surface area contributed by atoms with Crippen molar-refractivity contribution in [2.75, 3.05) is 6.54 Å². The standard InChI is InChI=1S/C15H18N2O2S2/c1-2-3-8-16-14(19)10(9-13(18)20)15-17-11-6-4-5-7-12(11)21-15/h4-7,10H,2-3,8-9H2,1H3,(H,16,19)(H,18,20). The van der Waals surface area contributed by atoms with Gasteiger partial charge in [-0.15, -0.1) is 24.0 Å². The first-order valence-corrected chi connectivity index (χ1v) is 8.23. The second-order valence-corrected chi connectivity index (χ2v) is 6.38. The number of amides is 1. The van der Waals surface area contributed by atoms with Crippen molar-refractivity contribution in [2.24, 2.45) is 0 Å². The lowest BCUT2D eigenvalue weighted by Gasteiger charge is -2.12. The molecule has 0 aliphatic heterocycles. The molecule has 0 spiro atoms. The van der Waals surface area contributed by atoms with Crippen LogP contribution in [0.2, 0.25) is 0 Å². The van der Waals surface area contributed by atoms with Crippen LogP contribution < -0.4 is 5.32 Å². The highest BCUT2D eigenvalue weighted by Crippen LogP contribution is 2.30. The second-order valence-electron chi connectivity index (χ2n) is 4.81. The molecule has 1 aromatic heterocycles. The zero-order chi connectivity index (χ0) is 15.2. The summed E-state index contributed by atoms with van der Waals surface area (Å²) in [5.41, 5.74) is 0.857. The number of hydrogen-bond acceptors (Lipinski definition) is 4. The molecule has 1 aromatic carbocycles. The minimum atomic E-state index is -0.552. The van der Waals surface area contributed by atoms with E-state index in [1.165, 1.54) is 11.3 Å². The first-order chi connectivity index (χ1) is 10.1. The Morgan fingerprint density at radius 3 is 2.81 bits per heavy atom. The van der Waals surface area contributed by atoms with Crippen molar-refractivity contribution in [2.45, 2.75) is 32.1 Å². The number of unbranched alkanes of at least 4 members (excludes halogenated alkanes) is 1. The minimum absolute atomic E-state index is 0.0703. The summed E-state index contributed by atoms with van der Waals surface area (Å²) in [6.45, 7) is 2.69. The van der Waals surface area contributed by atoms with Gasteiger partial charge in [0, 0.05) is 13.0 Å². The maximum atomic E-state index is 12.3. The quantitative estimate of drug-likeness (QED) is 0.608. The van der Waals surface area contributed by atoms with E-state index in [0.717, 1.165) is 23.1 Å². The number of carbonyl (C=O) groups excluding carboxylic acids is 2. The van der Waals surface area contributed by atoms with E-state index >= 15 is 0 Å². The van der Waals surface area contributed by atoms with Crippen molar-refractivity contribution in [3.05, 3.63) is 29.3 Å². The molecule has 2 aromatic rings. The molecule has 0 aliphatic rings. The van der Waals surface area contributed by atoms with Gasteiger partial charge in [-0.05, 0) is 18.6 Å². The number of fused-ring (bicyclic) bond motifs is 1. The predicted octanol–water partition coefficient (Wildman–Crippen LogP) is 3.14. The lowest BCUT2D eigenvalue weighted by Crippen LogP contribution is -2.31. The van der Waals surface area contributed by atoms with Gasteiger partial charge in [0.05, 0.1) is 16.1 Å². The fourth-order valence-corrected chi connectivity index (χ4v) is 3.27. The number of rotatable bonds is 7. The number of carbonyl (C=O) groups is 2. The molecule has 2 rings (SSSR count). The number of para-hydroxylation sites is 1. The van der Waals surface area contributed by atoms with Crippen LogP contribution in [0.15, 0.2) is 24.3 Å². The van der Waals surface area contributed by atoms with E-state index in [4.69, 9.17) is 0 Å². The third-order valence-electron chi connectivity index (χ3n) is 3.13. The van der Waals surface area contributed by atoms with Crippen LogP contribution in [0.5, 0.6) is 0 Å². The van der Waals surface area contributed by atoms with Crippen LogP contribution in [0.1, 0.15) is 37.1 Å². The van der Waals surface area contributed by atoms with Crippen LogP contribution in [0.25, 0.3) is 10.2 Å². The third-order valence-corrected chi connectivity index (χ3v) is 4.47. The predicted molar refractivity (Wildman–Crippen MR) is 88.9 cm³/mol. The summed E-state index contributed by atoms with van der Waals surface area (Å²) in [7, 11) is 0. The molecule has 0 saturated carbocycles. The summed E-state index contributed by atoms with van der Waals surface area (Å²) in [5, 5.41) is 3.25.